The number of carbonyl (C=O) groups is 1. The minimum absolute atomic E-state index is 0.281. The van der Waals surface area contributed by atoms with Crippen molar-refractivity contribution < 1.29 is 14.3 Å². The summed E-state index contributed by atoms with van der Waals surface area (Å²) in [6.45, 7) is 2.95. The van der Waals surface area contributed by atoms with E-state index in [0.29, 0.717) is 17.9 Å². The molecule has 3 aromatic rings. The number of carbonyl (C=O) groups excluding carboxylic acids is 1. The Bertz CT molecular complexity index is 1040. The van der Waals surface area contributed by atoms with Crippen molar-refractivity contribution in [2.75, 3.05) is 6.61 Å². The van der Waals surface area contributed by atoms with Crippen molar-refractivity contribution in [2.24, 2.45) is 4.99 Å². The molecule has 190 valence electrons. The molecule has 0 saturated heterocycles. The van der Waals surface area contributed by atoms with Gasteiger partial charge < -0.3 is 9.47 Å². The average molecular weight is 489 g/mol. The first-order valence-corrected chi connectivity index (χ1v) is 13.0. The lowest BCUT2D eigenvalue weighted by molar-refractivity contribution is 0.0734. The van der Waals surface area contributed by atoms with E-state index in [4.69, 9.17) is 9.47 Å². The topological polar surface area (TPSA) is 86.6 Å². The zero-order valence-electron chi connectivity index (χ0n) is 21.1. The first kappa shape index (κ1) is 27.0. The molecule has 1 heterocycles. The summed E-state index contributed by atoms with van der Waals surface area (Å²) in [6, 6.07) is 14.1. The number of unbranched alkanes of at least 4 members (excludes halogenated alkanes) is 9. The Morgan fingerprint density at radius 1 is 0.806 bits per heavy atom. The van der Waals surface area contributed by atoms with Gasteiger partial charge in [0.2, 0.25) is 0 Å². The van der Waals surface area contributed by atoms with E-state index in [0.717, 1.165) is 17.7 Å². The maximum Gasteiger partial charge on any atom is 0.343 e. The van der Waals surface area contributed by atoms with Crippen molar-refractivity contribution in [3.63, 3.8) is 0 Å². The second-order valence-electron chi connectivity index (χ2n) is 8.71. The summed E-state index contributed by atoms with van der Waals surface area (Å²) >= 11 is 0. The molecule has 1 aromatic heterocycles. The smallest absolute Gasteiger partial charge is 0.343 e. The number of hydrogen-bond donors (Lipinski definition) is 0. The molecular weight excluding hydrogens is 452 g/mol. The highest BCUT2D eigenvalue weighted by Crippen LogP contribution is 2.17. The van der Waals surface area contributed by atoms with Gasteiger partial charge in [0.15, 0.2) is 0 Å². The third-order valence-corrected chi connectivity index (χ3v) is 5.75. The van der Waals surface area contributed by atoms with Gasteiger partial charge in [0.05, 0.1) is 24.6 Å². The van der Waals surface area contributed by atoms with Crippen molar-refractivity contribution >= 4 is 18.1 Å². The number of esters is 1. The molecule has 0 radical (unpaired) electrons. The summed E-state index contributed by atoms with van der Waals surface area (Å²) in [5, 5.41) is 7.52. The summed E-state index contributed by atoms with van der Waals surface area (Å²) in [6.07, 6.45) is 17.6. The van der Waals surface area contributed by atoms with Gasteiger partial charge in [-0.2, -0.15) is 5.10 Å². The van der Waals surface area contributed by atoms with E-state index < -0.39 is 5.97 Å². The normalized spacial score (nSPS) is 11.0. The van der Waals surface area contributed by atoms with Crippen LogP contribution in [0.3, 0.4) is 0 Å². The van der Waals surface area contributed by atoms with Crippen LogP contribution in [0.4, 0.5) is 5.95 Å². The fourth-order valence-electron chi connectivity index (χ4n) is 3.69. The standard InChI is InChI=1S/C29H36N4O3/c1-2-3-4-5-6-7-8-9-10-11-22-35-26-18-14-25(15-19-26)28(34)36-27-16-12-24(13-17-27)23-31-29-30-20-21-32-33-29/h12-21,23H,2-11,22H2,1H3/b31-23+. The van der Waals surface area contributed by atoms with Crippen molar-refractivity contribution in [3.05, 3.63) is 72.1 Å². The molecule has 0 atom stereocenters. The number of nitrogens with zero attached hydrogens (tertiary/aromatic N) is 4. The first-order valence-electron chi connectivity index (χ1n) is 13.0. The molecule has 0 bridgehead atoms. The van der Waals surface area contributed by atoms with Crippen molar-refractivity contribution in [3.8, 4) is 11.5 Å². The fourth-order valence-corrected chi connectivity index (χ4v) is 3.69. The zero-order valence-corrected chi connectivity index (χ0v) is 21.1. The number of aliphatic imine (C=N–C) groups is 1. The van der Waals surface area contributed by atoms with Gasteiger partial charge in [-0.15, -0.1) is 5.10 Å². The highest BCUT2D eigenvalue weighted by Gasteiger charge is 2.09. The summed E-state index contributed by atoms with van der Waals surface area (Å²) < 4.78 is 11.3. The maximum atomic E-state index is 12.5. The second kappa shape index (κ2) is 16.1. The van der Waals surface area contributed by atoms with Crippen LogP contribution in [-0.4, -0.2) is 34.0 Å². The molecule has 0 fully saturated rings. The lowest BCUT2D eigenvalue weighted by Gasteiger charge is -2.08. The summed E-state index contributed by atoms with van der Waals surface area (Å²) in [7, 11) is 0. The molecule has 0 amide bonds. The van der Waals surface area contributed by atoms with Crippen LogP contribution in [0.1, 0.15) is 87.1 Å². The van der Waals surface area contributed by atoms with Crippen molar-refractivity contribution in [1.29, 1.82) is 0 Å². The van der Waals surface area contributed by atoms with Crippen LogP contribution < -0.4 is 9.47 Å². The lowest BCUT2D eigenvalue weighted by Crippen LogP contribution is -2.08. The van der Waals surface area contributed by atoms with Crippen LogP contribution in [0, 0.1) is 0 Å². The van der Waals surface area contributed by atoms with Crippen molar-refractivity contribution in [1.82, 2.24) is 15.2 Å². The van der Waals surface area contributed by atoms with Gasteiger partial charge in [-0.25, -0.2) is 14.8 Å². The van der Waals surface area contributed by atoms with E-state index in [1.54, 1.807) is 42.6 Å². The Labute approximate surface area is 214 Å². The largest absolute Gasteiger partial charge is 0.494 e. The highest BCUT2D eigenvalue weighted by molar-refractivity contribution is 5.91. The Hall–Kier alpha value is -3.61. The van der Waals surface area contributed by atoms with Gasteiger partial charge in [0.1, 0.15) is 11.5 Å². The number of hydrogen-bond acceptors (Lipinski definition) is 7. The third-order valence-electron chi connectivity index (χ3n) is 5.75. The maximum absolute atomic E-state index is 12.5. The fraction of sp³-hybridized carbons (Fsp3) is 0.414. The van der Waals surface area contributed by atoms with Crippen LogP contribution in [0.25, 0.3) is 0 Å². The molecule has 0 aliphatic carbocycles. The lowest BCUT2D eigenvalue weighted by atomic mass is 10.1. The van der Waals surface area contributed by atoms with Gasteiger partial charge in [-0.3, -0.25) is 0 Å². The molecule has 0 spiro atoms. The minimum Gasteiger partial charge on any atom is -0.494 e. The SMILES string of the molecule is CCCCCCCCCCCCOc1ccc(C(=O)Oc2ccc(/C=N/c3nccnn3)cc2)cc1. The molecule has 36 heavy (non-hydrogen) atoms. The average Bonchev–Trinajstić information content (AvgIpc) is 2.92. The molecule has 7 heteroatoms. The van der Waals surface area contributed by atoms with Crippen LogP contribution in [0.2, 0.25) is 0 Å². The number of aromatic nitrogens is 3. The van der Waals surface area contributed by atoms with Crippen molar-refractivity contribution in [2.45, 2.75) is 71.1 Å². The van der Waals surface area contributed by atoms with Gasteiger partial charge in [-0.1, -0.05) is 64.7 Å². The van der Waals surface area contributed by atoms with Crippen LogP contribution in [0.15, 0.2) is 65.9 Å². The van der Waals surface area contributed by atoms with Gasteiger partial charge in [-0.05, 0) is 60.5 Å². The summed E-state index contributed by atoms with van der Waals surface area (Å²) in [4.78, 5) is 20.6. The Morgan fingerprint density at radius 3 is 2.08 bits per heavy atom. The number of rotatable bonds is 16. The molecule has 0 aliphatic heterocycles. The molecule has 7 nitrogen and oxygen atoms in total. The molecule has 0 saturated carbocycles. The zero-order chi connectivity index (χ0) is 25.3. The van der Waals surface area contributed by atoms with E-state index in [9.17, 15) is 4.79 Å². The molecule has 3 rings (SSSR count). The third kappa shape index (κ3) is 10.3. The minimum atomic E-state index is -0.415. The van der Waals surface area contributed by atoms with Gasteiger partial charge in [0, 0.05) is 6.21 Å². The number of benzene rings is 2. The van der Waals surface area contributed by atoms with E-state index >= 15 is 0 Å². The molecule has 0 aliphatic rings. The van der Waals surface area contributed by atoms with Gasteiger partial charge in [0.25, 0.3) is 5.95 Å². The quantitative estimate of drug-likeness (QED) is 0.0921. The van der Waals surface area contributed by atoms with E-state index in [1.807, 2.05) is 12.1 Å². The predicted octanol–water partition coefficient (Wildman–Crippen LogP) is 7.14. The van der Waals surface area contributed by atoms with E-state index in [2.05, 4.69) is 27.1 Å². The van der Waals surface area contributed by atoms with Crippen LogP contribution in [0.5, 0.6) is 11.5 Å². The van der Waals surface area contributed by atoms with E-state index in [-0.39, 0.29) is 5.95 Å². The summed E-state index contributed by atoms with van der Waals surface area (Å²) in [5.41, 5.74) is 1.30. The summed E-state index contributed by atoms with van der Waals surface area (Å²) in [5.74, 6) is 1.09. The molecule has 0 N–H and O–H groups in total. The Kier molecular flexibility index (Phi) is 12.1. The monoisotopic (exact) mass is 488 g/mol. The van der Waals surface area contributed by atoms with Gasteiger partial charge >= 0.3 is 5.97 Å². The molecular formula is C29H36N4O3. The Morgan fingerprint density at radius 2 is 1.44 bits per heavy atom. The predicted molar refractivity (Wildman–Crippen MR) is 142 cm³/mol. The second-order valence-corrected chi connectivity index (χ2v) is 8.71. The van der Waals surface area contributed by atoms with Crippen LogP contribution in [-0.2, 0) is 0 Å². The Balaban J connectivity index is 1.32. The van der Waals surface area contributed by atoms with E-state index in [1.165, 1.54) is 70.2 Å². The highest BCUT2D eigenvalue weighted by atomic mass is 16.5. The number of ether oxygens (including phenoxy) is 2. The first-order chi connectivity index (χ1) is 17.7. The molecule has 2 aromatic carbocycles. The molecule has 0 unspecified atom stereocenters. The van der Waals surface area contributed by atoms with Crippen LogP contribution >= 0.6 is 0 Å².